The standard InChI is InChI=1S/C27H31N8O11PS/c36-5-4-33-11-32-24-19(25(33)38)31-12-35(24)26-21-20(37)16(44-26)9-42-47(40,48)46-14-6-17(43-15(14)8-41-27(39)45-21)34-7-13-2-1-3-28-22-18(13)23(34)30-10-29-22/h7,10-12,14-17,20-21,26,36-37H,1-6,8-9H2,(H,40,48)(H,28,29,30)/t14-,15+,16+,17+,20+,21+,26+,47?/m0/s1. The van der Waals surface area contributed by atoms with Crippen molar-refractivity contribution in [3.05, 3.63) is 41.1 Å². The van der Waals surface area contributed by atoms with E-state index in [-0.39, 0.29) is 37.3 Å². The van der Waals surface area contributed by atoms with E-state index in [0.717, 1.165) is 36.2 Å². The van der Waals surface area contributed by atoms with Crippen molar-refractivity contribution in [2.75, 3.05) is 31.7 Å². The fourth-order valence-corrected chi connectivity index (χ4v) is 8.12. The summed E-state index contributed by atoms with van der Waals surface area (Å²) in [5.74, 6) is 0.734. The maximum atomic E-state index is 13.5. The molecule has 8 atom stereocenters. The summed E-state index contributed by atoms with van der Waals surface area (Å²) in [6.45, 7) is -4.41. The van der Waals surface area contributed by atoms with Gasteiger partial charge in [-0.05, 0) is 18.4 Å². The Kier molecular flexibility index (Phi) is 8.15. The highest BCUT2D eigenvalue weighted by Crippen LogP contribution is 2.57. The number of carbonyl (C=O) groups excluding carboxylic acids is 1. The van der Waals surface area contributed by atoms with E-state index >= 15 is 0 Å². The molecule has 1 unspecified atom stereocenters. The number of aliphatic hydroxyl groups is 2. The van der Waals surface area contributed by atoms with Crippen LogP contribution in [0.25, 0.3) is 22.2 Å². The lowest BCUT2D eigenvalue weighted by atomic mass is 10.1. The van der Waals surface area contributed by atoms with Gasteiger partial charge in [-0.25, -0.2) is 29.3 Å². The molecule has 8 heterocycles. The van der Waals surface area contributed by atoms with Crippen LogP contribution in [0.15, 0.2) is 30.0 Å². The van der Waals surface area contributed by atoms with Gasteiger partial charge in [0.25, 0.3) is 5.56 Å². The average molecular weight is 707 g/mol. The first kappa shape index (κ1) is 31.6. The molecule has 0 aliphatic carbocycles. The molecule has 0 aromatic carbocycles. The number of carbonyl (C=O) groups is 1. The van der Waals surface area contributed by atoms with Crippen LogP contribution in [0, 0.1) is 0 Å². The Morgan fingerprint density at radius 2 is 1.92 bits per heavy atom. The fourth-order valence-electron chi connectivity index (χ4n) is 6.59. The van der Waals surface area contributed by atoms with Gasteiger partial charge in [0.15, 0.2) is 23.5 Å². The molecule has 256 valence electrons. The van der Waals surface area contributed by atoms with Gasteiger partial charge in [-0.1, -0.05) is 12.2 Å². The summed E-state index contributed by atoms with van der Waals surface area (Å²) in [5, 5.41) is 24.6. The Bertz CT molecular complexity index is 1990. The van der Waals surface area contributed by atoms with E-state index in [2.05, 4.69) is 37.5 Å². The van der Waals surface area contributed by atoms with E-state index in [4.69, 9.17) is 28.0 Å². The number of fused-ring (bicyclic) bond motifs is 4. The maximum Gasteiger partial charge on any atom is 0.508 e. The SMILES string of the molecule is O=C1OC[C@H]2O[C@@H](n3cc4c5c(ncnc53)NCCC4)C[C@@H]2OP(=O)(S)OC[C@H]2O[C@@H](n3cnc4c(=O)n(CCO)cnc43)[C@H](O1)[C@@H]2O. The molecule has 0 saturated carbocycles. The Morgan fingerprint density at radius 3 is 2.77 bits per heavy atom. The molecule has 4 aliphatic heterocycles. The number of ether oxygens (including phenoxy) is 4. The van der Waals surface area contributed by atoms with Crippen LogP contribution in [-0.4, -0.2) is 107 Å². The molecule has 3 saturated heterocycles. The summed E-state index contributed by atoms with van der Waals surface area (Å²) < 4.78 is 52.7. The Morgan fingerprint density at radius 1 is 1.04 bits per heavy atom. The number of rotatable bonds is 4. The van der Waals surface area contributed by atoms with Crippen molar-refractivity contribution in [1.82, 2.24) is 33.6 Å². The van der Waals surface area contributed by atoms with Gasteiger partial charge in [0.2, 0.25) is 0 Å². The van der Waals surface area contributed by atoms with E-state index in [1.807, 2.05) is 10.8 Å². The number of cyclic esters (lactones) is 1. The minimum atomic E-state index is -4.10. The molecule has 8 rings (SSSR count). The largest absolute Gasteiger partial charge is 0.508 e. The van der Waals surface area contributed by atoms with Gasteiger partial charge in [-0.3, -0.25) is 23.0 Å². The van der Waals surface area contributed by atoms with Crippen molar-refractivity contribution in [2.45, 2.75) is 68.8 Å². The fraction of sp³-hybridized carbons (Fsp3) is 0.556. The second kappa shape index (κ2) is 12.4. The van der Waals surface area contributed by atoms with Crippen molar-refractivity contribution in [2.24, 2.45) is 0 Å². The third-order valence-corrected chi connectivity index (χ3v) is 10.5. The number of hydrogen-bond acceptors (Lipinski definition) is 16. The molecule has 0 radical (unpaired) electrons. The molecule has 0 amide bonds. The lowest BCUT2D eigenvalue weighted by Gasteiger charge is -2.23. The molecular formula is C27H31N8O11PS. The molecule has 3 fully saturated rings. The lowest BCUT2D eigenvalue weighted by molar-refractivity contribution is -0.0828. The van der Waals surface area contributed by atoms with Gasteiger partial charge in [-0.15, -0.1) is 0 Å². The van der Waals surface area contributed by atoms with Gasteiger partial charge >= 0.3 is 13.0 Å². The Balaban J connectivity index is 1.06. The molecule has 48 heavy (non-hydrogen) atoms. The number of nitrogens with zero attached hydrogens (tertiary/aromatic N) is 7. The Hall–Kier alpha value is -3.62. The highest BCUT2D eigenvalue weighted by molar-refractivity contribution is 8.44. The van der Waals surface area contributed by atoms with Gasteiger partial charge in [0.1, 0.15) is 61.4 Å². The number of thiol groups is 1. The minimum Gasteiger partial charge on any atom is -0.431 e. The van der Waals surface area contributed by atoms with Crippen molar-refractivity contribution < 1.29 is 47.6 Å². The van der Waals surface area contributed by atoms with E-state index in [1.54, 1.807) is 0 Å². The molecule has 4 aliphatic rings. The Labute approximate surface area is 275 Å². The first-order valence-corrected chi connectivity index (χ1v) is 18.0. The normalized spacial score (nSPS) is 32.4. The maximum absolute atomic E-state index is 13.5. The highest BCUT2D eigenvalue weighted by atomic mass is 32.7. The third-order valence-electron chi connectivity index (χ3n) is 8.84. The number of nitrogens with one attached hydrogen (secondary N) is 1. The van der Waals surface area contributed by atoms with E-state index in [9.17, 15) is 24.4 Å². The van der Waals surface area contributed by atoms with Crippen molar-refractivity contribution >= 4 is 53.2 Å². The molecule has 4 aromatic rings. The molecule has 21 heteroatoms. The minimum absolute atomic E-state index is 0.0122. The molecular weight excluding hydrogens is 675 g/mol. The summed E-state index contributed by atoms with van der Waals surface area (Å²) in [6, 6.07) is 0. The number of aryl methyl sites for hydroxylation is 1. The van der Waals surface area contributed by atoms with E-state index in [0.29, 0.717) is 5.65 Å². The number of anilines is 1. The summed E-state index contributed by atoms with van der Waals surface area (Å²) in [4.78, 5) is 43.2. The van der Waals surface area contributed by atoms with Crippen LogP contribution in [0.2, 0.25) is 0 Å². The summed E-state index contributed by atoms with van der Waals surface area (Å²) >= 11 is 4.19. The van der Waals surface area contributed by atoms with E-state index < -0.39 is 68.1 Å². The number of aliphatic hydroxyl groups excluding tert-OH is 2. The molecule has 0 spiro atoms. The first-order chi connectivity index (χ1) is 23.2. The molecule has 19 nitrogen and oxygen atoms in total. The number of imidazole rings is 1. The topological polar surface area (TPSA) is 225 Å². The molecule has 2 bridgehead atoms. The van der Waals surface area contributed by atoms with Crippen molar-refractivity contribution in [1.29, 1.82) is 0 Å². The van der Waals surface area contributed by atoms with Crippen molar-refractivity contribution in [3.63, 3.8) is 0 Å². The number of hydrogen-bond donors (Lipinski definition) is 4. The van der Waals surface area contributed by atoms with Crippen LogP contribution >= 0.6 is 19.0 Å². The lowest BCUT2D eigenvalue weighted by Crippen LogP contribution is -2.37. The third kappa shape index (κ3) is 5.55. The quantitative estimate of drug-likeness (QED) is 0.131. The van der Waals surface area contributed by atoms with Gasteiger partial charge in [0.05, 0.1) is 31.5 Å². The van der Waals surface area contributed by atoms with Gasteiger partial charge in [0, 0.05) is 19.2 Å². The van der Waals surface area contributed by atoms with E-state index in [1.165, 1.54) is 28.1 Å². The highest BCUT2D eigenvalue weighted by Gasteiger charge is 2.50. The van der Waals surface area contributed by atoms with Crippen LogP contribution in [0.4, 0.5) is 10.6 Å². The average Bonchev–Trinajstić information content (AvgIpc) is 3.80. The summed E-state index contributed by atoms with van der Waals surface area (Å²) in [7, 11) is 0. The zero-order chi connectivity index (χ0) is 33.2. The van der Waals surface area contributed by atoms with Gasteiger partial charge in [-0.2, -0.15) is 0 Å². The second-order valence-electron chi connectivity index (χ2n) is 11.8. The zero-order valence-electron chi connectivity index (χ0n) is 25.1. The predicted molar refractivity (Wildman–Crippen MR) is 165 cm³/mol. The van der Waals surface area contributed by atoms with Crippen LogP contribution in [0.1, 0.15) is 30.9 Å². The van der Waals surface area contributed by atoms with Gasteiger partial charge < -0.3 is 39.0 Å². The van der Waals surface area contributed by atoms with Crippen LogP contribution < -0.4 is 10.9 Å². The number of aromatic nitrogens is 7. The van der Waals surface area contributed by atoms with Crippen molar-refractivity contribution in [3.8, 4) is 0 Å². The smallest absolute Gasteiger partial charge is 0.431 e. The second-order valence-corrected chi connectivity index (χ2v) is 14.7. The predicted octanol–water partition coefficient (Wildman–Crippen LogP) is 0.909. The molecule has 3 N–H and O–H groups in total. The zero-order valence-corrected chi connectivity index (χ0v) is 26.9. The van der Waals surface area contributed by atoms with Crippen LogP contribution in [0.5, 0.6) is 0 Å². The summed E-state index contributed by atoms with van der Waals surface area (Å²) in [6.07, 6.45) is -1.03. The summed E-state index contributed by atoms with van der Waals surface area (Å²) in [5.41, 5.74) is 1.23. The van der Waals surface area contributed by atoms with Crippen LogP contribution in [-0.2, 0) is 45.5 Å². The molecule has 4 aromatic heterocycles. The monoisotopic (exact) mass is 706 g/mol. The first-order valence-electron chi connectivity index (χ1n) is 15.3. The van der Waals surface area contributed by atoms with Crippen LogP contribution in [0.3, 0.4) is 0 Å².